The van der Waals surface area contributed by atoms with E-state index in [4.69, 9.17) is 9.47 Å². The molecule has 1 aliphatic heterocycles. The lowest BCUT2D eigenvalue weighted by Gasteiger charge is -2.36. The second-order valence-electron chi connectivity index (χ2n) is 9.83. The largest absolute Gasteiger partial charge is 0.497 e. The molecule has 0 spiro atoms. The highest BCUT2D eigenvalue weighted by molar-refractivity contribution is 6.06. The molecule has 0 unspecified atom stereocenters. The van der Waals surface area contributed by atoms with E-state index in [0.29, 0.717) is 24.2 Å². The minimum absolute atomic E-state index is 0.0661. The first-order valence-electron chi connectivity index (χ1n) is 11.7. The smallest absolute Gasteiger partial charge is 0.410 e. The second kappa shape index (κ2) is 10.8. The average molecular weight is 479 g/mol. The molecule has 3 rings (SSSR count). The summed E-state index contributed by atoms with van der Waals surface area (Å²) in [5, 5.41) is 0. The number of ether oxygens (including phenoxy) is 2. The van der Waals surface area contributed by atoms with Crippen LogP contribution in [0.25, 0.3) is 0 Å². The van der Waals surface area contributed by atoms with Gasteiger partial charge >= 0.3 is 6.09 Å². The summed E-state index contributed by atoms with van der Waals surface area (Å²) in [6.07, 6.45) is 1.82. The molecule has 1 heterocycles. The summed E-state index contributed by atoms with van der Waals surface area (Å²) in [6.45, 7) is 9.64. The van der Waals surface area contributed by atoms with Crippen LogP contribution in [-0.4, -0.2) is 60.1 Å². The zero-order valence-electron chi connectivity index (χ0n) is 21.0. The van der Waals surface area contributed by atoms with E-state index in [1.807, 2.05) is 30.3 Å². The molecule has 1 fully saturated rings. The summed E-state index contributed by atoms with van der Waals surface area (Å²) in [5.41, 5.74) is -0.451. The van der Waals surface area contributed by atoms with Crippen molar-refractivity contribution in [3.8, 4) is 5.75 Å². The molecule has 1 saturated heterocycles. The lowest BCUT2D eigenvalue weighted by molar-refractivity contribution is -0.138. The number of amides is 3. The van der Waals surface area contributed by atoms with Crippen molar-refractivity contribution in [2.45, 2.75) is 39.2 Å². The fourth-order valence-electron chi connectivity index (χ4n) is 4.30. The Morgan fingerprint density at radius 3 is 2.29 bits per heavy atom. The lowest BCUT2D eigenvalue weighted by Crippen LogP contribution is -2.50. The fourth-order valence-corrected chi connectivity index (χ4v) is 4.30. The molecular formula is C28H34N2O5. The minimum Gasteiger partial charge on any atom is -0.497 e. The molecule has 1 atom stereocenters. The number of rotatable bonds is 6. The Bertz CT molecular complexity index is 1060. The van der Waals surface area contributed by atoms with Gasteiger partial charge in [-0.3, -0.25) is 14.5 Å². The van der Waals surface area contributed by atoms with Crippen molar-refractivity contribution < 1.29 is 23.9 Å². The van der Waals surface area contributed by atoms with Crippen LogP contribution in [0.1, 0.15) is 43.1 Å². The summed E-state index contributed by atoms with van der Waals surface area (Å²) in [6, 6.07) is 16.2. The van der Waals surface area contributed by atoms with Crippen molar-refractivity contribution in [2.75, 3.05) is 26.7 Å². The lowest BCUT2D eigenvalue weighted by atomic mass is 9.77. The standard InChI is InChI=1S/C28H34N2O5/c1-6-16-28(19-21-10-8-7-9-11-21)20-29(26(33)35-27(2,3)4)17-18-30(25(28)32)24(31)22-12-14-23(34-5)15-13-22/h6-15H,1,16-20H2,2-5H3/t28-/m0/s1. The number of allylic oxidation sites excluding steroid dienone is 1. The van der Waals surface area contributed by atoms with Crippen LogP contribution in [0.2, 0.25) is 0 Å². The van der Waals surface area contributed by atoms with Crippen molar-refractivity contribution in [3.63, 3.8) is 0 Å². The molecular weight excluding hydrogens is 444 g/mol. The van der Waals surface area contributed by atoms with Gasteiger partial charge in [0.05, 0.1) is 12.5 Å². The van der Waals surface area contributed by atoms with Gasteiger partial charge in [-0.1, -0.05) is 36.4 Å². The maximum atomic E-state index is 14.1. The highest BCUT2D eigenvalue weighted by atomic mass is 16.6. The van der Waals surface area contributed by atoms with Crippen LogP contribution in [0.15, 0.2) is 67.3 Å². The molecule has 0 radical (unpaired) electrons. The number of methoxy groups -OCH3 is 1. The Hall–Kier alpha value is -3.61. The summed E-state index contributed by atoms with van der Waals surface area (Å²) < 4.78 is 10.8. The molecule has 0 aliphatic carbocycles. The molecule has 186 valence electrons. The normalized spacial score (nSPS) is 18.6. The van der Waals surface area contributed by atoms with Crippen molar-refractivity contribution >= 4 is 17.9 Å². The predicted molar refractivity (Wildman–Crippen MR) is 134 cm³/mol. The van der Waals surface area contributed by atoms with E-state index in [1.54, 1.807) is 58.2 Å². The monoisotopic (exact) mass is 478 g/mol. The van der Waals surface area contributed by atoms with E-state index in [9.17, 15) is 14.4 Å². The molecule has 7 heteroatoms. The third kappa shape index (κ3) is 6.29. The Morgan fingerprint density at radius 2 is 1.71 bits per heavy atom. The van der Waals surface area contributed by atoms with Gasteiger partial charge in [0.25, 0.3) is 5.91 Å². The maximum Gasteiger partial charge on any atom is 0.410 e. The van der Waals surface area contributed by atoms with Gasteiger partial charge in [-0.2, -0.15) is 0 Å². The Kier molecular flexibility index (Phi) is 7.99. The third-order valence-electron chi connectivity index (χ3n) is 5.94. The fraction of sp³-hybridized carbons (Fsp3) is 0.393. The van der Waals surface area contributed by atoms with E-state index < -0.39 is 23.0 Å². The molecule has 3 amide bonds. The van der Waals surface area contributed by atoms with Gasteiger partial charge in [-0.15, -0.1) is 6.58 Å². The zero-order chi connectivity index (χ0) is 25.6. The summed E-state index contributed by atoms with van der Waals surface area (Å²) in [7, 11) is 1.55. The highest BCUT2D eigenvalue weighted by Crippen LogP contribution is 2.35. The molecule has 35 heavy (non-hydrogen) atoms. The van der Waals surface area contributed by atoms with Crippen molar-refractivity contribution in [2.24, 2.45) is 5.41 Å². The van der Waals surface area contributed by atoms with E-state index in [0.717, 1.165) is 5.56 Å². The molecule has 2 aromatic carbocycles. The Morgan fingerprint density at radius 1 is 1.06 bits per heavy atom. The number of carbonyl (C=O) groups excluding carboxylic acids is 3. The van der Waals surface area contributed by atoms with Crippen LogP contribution >= 0.6 is 0 Å². The van der Waals surface area contributed by atoms with Gasteiger partial charge in [0.1, 0.15) is 11.4 Å². The first kappa shape index (κ1) is 26.0. The van der Waals surface area contributed by atoms with Gasteiger partial charge < -0.3 is 14.4 Å². The van der Waals surface area contributed by atoms with E-state index in [1.165, 1.54) is 9.80 Å². The Labute approximate surface area is 207 Å². The SMILES string of the molecule is C=CC[C@]1(Cc2ccccc2)CN(C(=O)OC(C)(C)C)CCN(C(=O)c2ccc(OC)cc2)C1=O. The van der Waals surface area contributed by atoms with Crippen molar-refractivity contribution in [1.29, 1.82) is 0 Å². The number of benzene rings is 2. The van der Waals surface area contributed by atoms with Crippen LogP contribution in [0.3, 0.4) is 0 Å². The zero-order valence-corrected chi connectivity index (χ0v) is 21.0. The average Bonchev–Trinajstić information content (AvgIpc) is 2.96. The number of carbonyl (C=O) groups is 3. The van der Waals surface area contributed by atoms with Gasteiger partial charge in [0, 0.05) is 25.2 Å². The minimum atomic E-state index is -1.07. The summed E-state index contributed by atoms with van der Waals surface area (Å²) >= 11 is 0. The van der Waals surface area contributed by atoms with Gasteiger partial charge in [-0.05, 0) is 63.4 Å². The molecule has 1 aliphatic rings. The summed E-state index contributed by atoms with van der Waals surface area (Å²) in [4.78, 5) is 43.5. The predicted octanol–water partition coefficient (Wildman–Crippen LogP) is 4.72. The number of hydrogen-bond acceptors (Lipinski definition) is 5. The van der Waals surface area contributed by atoms with Gasteiger partial charge in [0.2, 0.25) is 5.91 Å². The summed E-state index contributed by atoms with van der Waals surface area (Å²) in [5.74, 6) is -0.122. The first-order valence-corrected chi connectivity index (χ1v) is 11.7. The third-order valence-corrected chi connectivity index (χ3v) is 5.94. The molecule has 7 nitrogen and oxygen atoms in total. The molecule has 0 N–H and O–H groups in total. The van der Waals surface area contributed by atoms with Gasteiger partial charge in [-0.25, -0.2) is 4.79 Å². The molecule has 2 aromatic rings. The highest BCUT2D eigenvalue weighted by Gasteiger charge is 2.47. The topological polar surface area (TPSA) is 76.2 Å². The van der Waals surface area contributed by atoms with Crippen LogP contribution < -0.4 is 4.74 Å². The van der Waals surface area contributed by atoms with E-state index in [-0.39, 0.29) is 25.5 Å². The molecule has 0 bridgehead atoms. The first-order chi connectivity index (χ1) is 16.6. The van der Waals surface area contributed by atoms with Crippen LogP contribution in [0.4, 0.5) is 4.79 Å². The number of hydrogen-bond donors (Lipinski definition) is 0. The van der Waals surface area contributed by atoms with Crippen molar-refractivity contribution in [1.82, 2.24) is 9.80 Å². The second-order valence-corrected chi connectivity index (χ2v) is 9.83. The quantitative estimate of drug-likeness (QED) is 0.444. The van der Waals surface area contributed by atoms with Crippen LogP contribution in [0.5, 0.6) is 5.75 Å². The Balaban J connectivity index is 2.03. The van der Waals surface area contributed by atoms with Crippen molar-refractivity contribution in [3.05, 3.63) is 78.4 Å². The molecule has 0 aromatic heterocycles. The maximum absolute atomic E-state index is 14.1. The number of nitrogens with zero attached hydrogens (tertiary/aromatic N) is 2. The van der Waals surface area contributed by atoms with Crippen LogP contribution in [-0.2, 0) is 16.0 Å². The van der Waals surface area contributed by atoms with Crippen LogP contribution in [0, 0.1) is 5.41 Å². The number of imide groups is 1. The van der Waals surface area contributed by atoms with Gasteiger partial charge in [0.15, 0.2) is 0 Å². The molecule has 0 saturated carbocycles. The van der Waals surface area contributed by atoms with E-state index in [2.05, 4.69) is 6.58 Å². The van der Waals surface area contributed by atoms with E-state index >= 15 is 0 Å².